The second kappa shape index (κ2) is 7.96. The summed E-state index contributed by atoms with van der Waals surface area (Å²) < 4.78 is 0. The number of rotatable bonds is 5. The summed E-state index contributed by atoms with van der Waals surface area (Å²) in [6.07, 6.45) is 11.3. The average Bonchev–Trinajstić information content (AvgIpc) is 2.85. The van der Waals surface area contributed by atoms with Gasteiger partial charge in [0.2, 0.25) is 0 Å². The Morgan fingerprint density at radius 3 is 2.56 bits per heavy atom. The Balaban J connectivity index is 2.01. The molecule has 1 nitrogen and oxygen atoms in total. The lowest BCUT2D eigenvalue weighted by Gasteiger charge is -2.29. The molecule has 1 heterocycles. The standard InChI is InChI=1S/C16H27NS/c1-2-12-17-16(15-11-8-13-18-15)14-9-6-4-3-5-7-10-14/h8,11,13-14,16-17H,2-7,9-10,12H2,1H3. The van der Waals surface area contributed by atoms with E-state index in [4.69, 9.17) is 0 Å². The normalized spacial score (nSPS) is 20.3. The summed E-state index contributed by atoms with van der Waals surface area (Å²) in [5, 5.41) is 6.02. The van der Waals surface area contributed by atoms with Gasteiger partial charge in [0, 0.05) is 10.9 Å². The zero-order valence-electron chi connectivity index (χ0n) is 11.7. The summed E-state index contributed by atoms with van der Waals surface area (Å²) in [5.41, 5.74) is 0. The van der Waals surface area contributed by atoms with E-state index in [-0.39, 0.29) is 0 Å². The maximum Gasteiger partial charge on any atom is 0.0443 e. The van der Waals surface area contributed by atoms with E-state index in [1.165, 1.54) is 51.4 Å². The van der Waals surface area contributed by atoms with E-state index in [9.17, 15) is 0 Å². The first-order valence-electron chi connectivity index (χ1n) is 7.68. The fourth-order valence-electron chi connectivity index (χ4n) is 3.09. The molecule has 1 aromatic rings. The molecule has 0 saturated heterocycles. The zero-order chi connectivity index (χ0) is 12.6. The van der Waals surface area contributed by atoms with Gasteiger partial charge in [0.1, 0.15) is 0 Å². The second-order valence-electron chi connectivity index (χ2n) is 5.55. The molecule has 1 unspecified atom stereocenters. The average molecular weight is 265 g/mol. The lowest BCUT2D eigenvalue weighted by molar-refractivity contribution is 0.292. The van der Waals surface area contributed by atoms with Gasteiger partial charge in [-0.3, -0.25) is 0 Å². The summed E-state index contributed by atoms with van der Waals surface area (Å²) in [6.45, 7) is 3.41. The molecule has 1 atom stereocenters. The highest BCUT2D eigenvalue weighted by Crippen LogP contribution is 2.34. The quantitative estimate of drug-likeness (QED) is 0.776. The zero-order valence-corrected chi connectivity index (χ0v) is 12.5. The lowest BCUT2D eigenvalue weighted by Crippen LogP contribution is -2.29. The van der Waals surface area contributed by atoms with Gasteiger partial charge in [-0.25, -0.2) is 0 Å². The van der Waals surface area contributed by atoms with Crippen molar-refractivity contribution in [2.24, 2.45) is 5.92 Å². The molecular weight excluding hydrogens is 238 g/mol. The molecule has 0 aliphatic heterocycles. The molecule has 1 fully saturated rings. The van der Waals surface area contributed by atoms with Crippen LogP contribution in [0.1, 0.15) is 69.2 Å². The first kappa shape index (κ1) is 14.1. The minimum absolute atomic E-state index is 0.614. The van der Waals surface area contributed by atoms with Crippen LogP contribution in [0.2, 0.25) is 0 Å². The number of nitrogens with one attached hydrogen (secondary N) is 1. The Hall–Kier alpha value is -0.340. The smallest absolute Gasteiger partial charge is 0.0443 e. The van der Waals surface area contributed by atoms with Crippen LogP contribution in [0, 0.1) is 5.92 Å². The Morgan fingerprint density at radius 1 is 1.22 bits per heavy atom. The molecule has 0 radical (unpaired) electrons. The van der Waals surface area contributed by atoms with Gasteiger partial charge >= 0.3 is 0 Å². The van der Waals surface area contributed by atoms with E-state index in [1.807, 2.05) is 11.3 Å². The van der Waals surface area contributed by atoms with Crippen LogP contribution in [-0.2, 0) is 0 Å². The summed E-state index contributed by atoms with van der Waals surface area (Å²) in [4.78, 5) is 1.55. The van der Waals surface area contributed by atoms with E-state index in [2.05, 4.69) is 29.8 Å². The minimum atomic E-state index is 0.614. The van der Waals surface area contributed by atoms with Crippen LogP contribution in [0.5, 0.6) is 0 Å². The van der Waals surface area contributed by atoms with Crippen molar-refractivity contribution in [3.8, 4) is 0 Å². The van der Waals surface area contributed by atoms with Gasteiger partial charge in [-0.15, -0.1) is 11.3 Å². The maximum absolute atomic E-state index is 3.80. The van der Waals surface area contributed by atoms with Crippen LogP contribution in [0.15, 0.2) is 17.5 Å². The third-order valence-corrected chi connectivity index (χ3v) is 5.04. The van der Waals surface area contributed by atoms with E-state index in [0.29, 0.717) is 6.04 Å². The Kier molecular flexibility index (Phi) is 6.22. The Morgan fingerprint density at radius 2 is 1.94 bits per heavy atom. The Labute approximate surface area is 116 Å². The molecule has 0 bridgehead atoms. The van der Waals surface area contributed by atoms with Crippen molar-refractivity contribution >= 4 is 11.3 Å². The van der Waals surface area contributed by atoms with Crippen molar-refractivity contribution < 1.29 is 0 Å². The highest BCUT2D eigenvalue weighted by molar-refractivity contribution is 7.10. The molecule has 2 rings (SSSR count). The summed E-state index contributed by atoms with van der Waals surface area (Å²) in [6, 6.07) is 5.13. The van der Waals surface area contributed by atoms with Crippen LogP contribution in [-0.4, -0.2) is 6.54 Å². The van der Waals surface area contributed by atoms with Gasteiger partial charge in [0.05, 0.1) is 0 Å². The van der Waals surface area contributed by atoms with Gasteiger partial charge in [0.15, 0.2) is 0 Å². The van der Waals surface area contributed by atoms with Gasteiger partial charge in [-0.2, -0.15) is 0 Å². The first-order valence-corrected chi connectivity index (χ1v) is 8.56. The molecule has 2 heteroatoms. The summed E-state index contributed by atoms with van der Waals surface area (Å²) in [7, 11) is 0. The molecule has 18 heavy (non-hydrogen) atoms. The van der Waals surface area contributed by atoms with Crippen LogP contribution in [0.25, 0.3) is 0 Å². The van der Waals surface area contributed by atoms with Crippen LogP contribution < -0.4 is 5.32 Å². The van der Waals surface area contributed by atoms with Crippen molar-refractivity contribution in [2.45, 2.75) is 64.3 Å². The van der Waals surface area contributed by atoms with Crippen LogP contribution in [0.3, 0.4) is 0 Å². The van der Waals surface area contributed by atoms with E-state index in [1.54, 1.807) is 4.88 Å². The number of hydrogen-bond donors (Lipinski definition) is 1. The largest absolute Gasteiger partial charge is 0.309 e. The molecular formula is C16H27NS. The van der Waals surface area contributed by atoms with Gasteiger partial charge < -0.3 is 5.32 Å². The minimum Gasteiger partial charge on any atom is -0.309 e. The molecule has 1 aliphatic carbocycles. The van der Waals surface area contributed by atoms with Gasteiger partial charge in [-0.05, 0) is 43.2 Å². The molecule has 0 spiro atoms. The predicted octanol–water partition coefficient (Wildman–Crippen LogP) is 5.15. The fraction of sp³-hybridized carbons (Fsp3) is 0.750. The second-order valence-corrected chi connectivity index (χ2v) is 6.53. The third-order valence-electron chi connectivity index (χ3n) is 4.09. The highest BCUT2D eigenvalue weighted by Gasteiger charge is 2.23. The lowest BCUT2D eigenvalue weighted by atomic mass is 9.85. The van der Waals surface area contributed by atoms with Crippen molar-refractivity contribution in [1.82, 2.24) is 5.32 Å². The van der Waals surface area contributed by atoms with Gasteiger partial charge in [0.25, 0.3) is 0 Å². The van der Waals surface area contributed by atoms with Gasteiger partial charge in [-0.1, -0.05) is 45.1 Å². The molecule has 1 aliphatic rings. The van der Waals surface area contributed by atoms with E-state index < -0.39 is 0 Å². The first-order chi connectivity index (χ1) is 8.92. The molecule has 1 aromatic heterocycles. The maximum atomic E-state index is 3.80. The topological polar surface area (TPSA) is 12.0 Å². The van der Waals surface area contributed by atoms with Crippen molar-refractivity contribution in [3.05, 3.63) is 22.4 Å². The highest BCUT2D eigenvalue weighted by atomic mass is 32.1. The SMILES string of the molecule is CCCNC(c1cccs1)C1CCCCCCC1. The molecule has 1 N–H and O–H groups in total. The van der Waals surface area contributed by atoms with Crippen molar-refractivity contribution in [3.63, 3.8) is 0 Å². The fourth-order valence-corrected chi connectivity index (χ4v) is 3.98. The predicted molar refractivity (Wildman–Crippen MR) is 81.2 cm³/mol. The molecule has 102 valence electrons. The third kappa shape index (κ3) is 4.10. The molecule has 1 saturated carbocycles. The van der Waals surface area contributed by atoms with Crippen molar-refractivity contribution in [1.29, 1.82) is 0 Å². The number of thiophene rings is 1. The van der Waals surface area contributed by atoms with E-state index in [0.717, 1.165) is 12.5 Å². The Bertz CT molecular complexity index is 299. The summed E-state index contributed by atoms with van der Waals surface area (Å²) in [5.74, 6) is 0.857. The van der Waals surface area contributed by atoms with Crippen LogP contribution >= 0.6 is 11.3 Å². The summed E-state index contributed by atoms with van der Waals surface area (Å²) >= 11 is 1.92. The van der Waals surface area contributed by atoms with E-state index >= 15 is 0 Å². The van der Waals surface area contributed by atoms with Crippen molar-refractivity contribution in [2.75, 3.05) is 6.54 Å². The molecule has 0 amide bonds. The van der Waals surface area contributed by atoms with Crippen LogP contribution in [0.4, 0.5) is 0 Å². The number of hydrogen-bond acceptors (Lipinski definition) is 2. The molecule has 0 aromatic carbocycles. The monoisotopic (exact) mass is 265 g/mol.